The van der Waals surface area contributed by atoms with Gasteiger partial charge in [0.25, 0.3) is 0 Å². The Morgan fingerprint density at radius 3 is 1.54 bits per heavy atom. The van der Waals surface area contributed by atoms with Crippen LogP contribution in [-0.4, -0.2) is 28.9 Å². The van der Waals surface area contributed by atoms with E-state index in [1.165, 1.54) is 0 Å². The molecule has 78 valence electrons. The van der Waals surface area contributed by atoms with Crippen LogP contribution in [0.25, 0.3) is 0 Å². The van der Waals surface area contributed by atoms with Crippen LogP contribution >= 0.6 is 0 Å². The second kappa shape index (κ2) is 5.25. The van der Waals surface area contributed by atoms with Gasteiger partial charge in [-0.25, -0.2) is 0 Å². The summed E-state index contributed by atoms with van der Waals surface area (Å²) in [5.74, 6) is 1.15. The molecule has 0 aromatic rings. The average molecular weight is 184 g/mol. The molecular weight excluding hydrogens is 160 g/mol. The molecule has 0 spiro atoms. The molecule has 0 atom stereocenters. The summed E-state index contributed by atoms with van der Waals surface area (Å²) in [7, 11) is 0. The normalized spacial score (nSPS) is 13.2. The van der Waals surface area contributed by atoms with Gasteiger partial charge in [-0.15, -0.1) is 0 Å². The Balaban J connectivity index is 4.55. The third kappa shape index (κ3) is 4.30. The van der Waals surface area contributed by atoms with Crippen molar-refractivity contribution < 1.29 is 0 Å². The molecule has 0 heterocycles. The molecule has 0 aromatic carbocycles. The standard InChI is InChI=1S/C11H24N2/c1-8(2)12-11(7)13(9(3)4)10(5)6/h8-10H,1-7H3. The van der Waals surface area contributed by atoms with Crippen LogP contribution in [0.5, 0.6) is 0 Å². The Morgan fingerprint density at radius 1 is 0.923 bits per heavy atom. The number of rotatable bonds is 3. The zero-order chi connectivity index (χ0) is 10.6. The number of hydrogen-bond donors (Lipinski definition) is 0. The smallest absolute Gasteiger partial charge is 0.0965 e. The zero-order valence-electron chi connectivity index (χ0n) is 10.1. The molecule has 0 saturated heterocycles. The number of nitrogens with zero attached hydrogens (tertiary/aromatic N) is 2. The topological polar surface area (TPSA) is 15.6 Å². The molecule has 0 aromatic heterocycles. The van der Waals surface area contributed by atoms with E-state index in [1.807, 2.05) is 0 Å². The SMILES string of the molecule is CC(=NC(C)C)N(C(C)C)C(C)C. The van der Waals surface area contributed by atoms with Crippen molar-refractivity contribution in [1.82, 2.24) is 4.90 Å². The minimum Gasteiger partial charge on any atom is -0.356 e. The van der Waals surface area contributed by atoms with Crippen LogP contribution in [0.3, 0.4) is 0 Å². The van der Waals surface area contributed by atoms with Crippen LogP contribution in [-0.2, 0) is 0 Å². The van der Waals surface area contributed by atoms with Gasteiger partial charge in [0.2, 0.25) is 0 Å². The summed E-state index contributed by atoms with van der Waals surface area (Å²) >= 11 is 0. The van der Waals surface area contributed by atoms with Crippen molar-refractivity contribution in [3.05, 3.63) is 0 Å². The second-order valence-electron chi connectivity index (χ2n) is 4.36. The lowest BCUT2D eigenvalue weighted by molar-refractivity contribution is 0.289. The van der Waals surface area contributed by atoms with Gasteiger partial charge in [0, 0.05) is 18.1 Å². The Labute approximate surface area is 83.0 Å². The molecule has 13 heavy (non-hydrogen) atoms. The zero-order valence-corrected chi connectivity index (χ0v) is 10.1. The van der Waals surface area contributed by atoms with Gasteiger partial charge >= 0.3 is 0 Å². The molecule has 0 bridgehead atoms. The Hall–Kier alpha value is -0.530. The predicted molar refractivity (Wildman–Crippen MR) is 60.4 cm³/mol. The van der Waals surface area contributed by atoms with Crippen molar-refractivity contribution in [2.75, 3.05) is 0 Å². The highest BCUT2D eigenvalue weighted by atomic mass is 15.2. The molecule has 0 aliphatic carbocycles. The molecule has 0 amide bonds. The third-order valence-electron chi connectivity index (χ3n) is 1.93. The summed E-state index contributed by atoms with van der Waals surface area (Å²) in [6.45, 7) is 15.2. The lowest BCUT2D eigenvalue weighted by Gasteiger charge is -2.32. The van der Waals surface area contributed by atoms with E-state index in [4.69, 9.17) is 0 Å². The summed E-state index contributed by atoms with van der Waals surface area (Å²) in [6, 6.07) is 1.45. The number of hydrogen-bond acceptors (Lipinski definition) is 1. The van der Waals surface area contributed by atoms with Gasteiger partial charge < -0.3 is 4.90 Å². The third-order valence-corrected chi connectivity index (χ3v) is 1.93. The highest BCUT2D eigenvalue weighted by Crippen LogP contribution is 2.07. The minimum absolute atomic E-state index is 0.389. The molecular formula is C11H24N2. The number of amidine groups is 1. The highest BCUT2D eigenvalue weighted by Gasteiger charge is 2.14. The van der Waals surface area contributed by atoms with E-state index in [0.717, 1.165) is 5.84 Å². The van der Waals surface area contributed by atoms with Crippen molar-refractivity contribution in [3.63, 3.8) is 0 Å². The summed E-state index contributed by atoms with van der Waals surface area (Å²) in [6.07, 6.45) is 0. The molecule has 2 heteroatoms. The van der Waals surface area contributed by atoms with Crippen molar-refractivity contribution in [2.24, 2.45) is 4.99 Å². The maximum Gasteiger partial charge on any atom is 0.0965 e. The fraction of sp³-hybridized carbons (Fsp3) is 0.909. The van der Waals surface area contributed by atoms with Crippen molar-refractivity contribution >= 4 is 5.84 Å². The molecule has 0 N–H and O–H groups in total. The van der Waals surface area contributed by atoms with E-state index in [9.17, 15) is 0 Å². The monoisotopic (exact) mass is 184 g/mol. The molecule has 2 nitrogen and oxygen atoms in total. The molecule has 0 radical (unpaired) electrons. The predicted octanol–water partition coefficient (Wildman–Crippen LogP) is 2.93. The number of aliphatic imine (C=N–C) groups is 1. The molecule has 0 aliphatic heterocycles. The molecule has 0 rings (SSSR count). The van der Waals surface area contributed by atoms with Crippen molar-refractivity contribution in [2.45, 2.75) is 66.6 Å². The summed E-state index contributed by atoms with van der Waals surface area (Å²) in [5.41, 5.74) is 0. The van der Waals surface area contributed by atoms with Gasteiger partial charge in [-0.3, -0.25) is 4.99 Å². The quantitative estimate of drug-likeness (QED) is 0.486. The average Bonchev–Trinajstić information content (AvgIpc) is 1.81. The van der Waals surface area contributed by atoms with Gasteiger partial charge in [-0.2, -0.15) is 0 Å². The largest absolute Gasteiger partial charge is 0.356 e. The molecule has 0 unspecified atom stereocenters. The van der Waals surface area contributed by atoms with E-state index < -0.39 is 0 Å². The second-order valence-corrected chi connectivity index (χ2v) is 4.36. The fourth-order valence-corrected chi connectivity index (χ4v) is 1.78. The van der Waals surface area contributed by atoms with Crippen molar-refractivity contribution in [3.8, 4) is 0 Å². The van der Waals surface area contributed by atoms with Crippen LogP contribution in [0.2, 0.25) is 0 Å². The van der Waals surface area contributed by atoms with Crippen LogP contribution in [0.1, 0.15) is 48.5 Å². The first-order valence-electron chi connectivity index (χ1n) is 5.19. The van der Waals surface area contributed by atoms with Gasteiger partial charge in [0.05, 0.1) is 5.84 Å². The first-order valence-corrected chi connectivity index (χ1v) is 5.19. The van der Waals surface area contributed by atoms with Gasteiger partial charge in [0.1, 0.15) is 0 Å². The maximum absolute atomic E-state index is 4.56. The summed E-state index contributed by atoms with van der Waals surface area (Å²) in [4.78, 5) is 6.91. The molecule has 0 fully saturated rings. The lowest BCUT2D eigenvalue weighted by atomic mass is 10.2. The molecule has 0 aliphatic rings. The van der Waals surface area contributed by atoms with E-state index in [2.05, 4.69) is 58.4 Å². The van der Waals surface area contributed by atoms with Crippen LogP contribution in [0.4, 0.5) is 0 Å². The Bertz CT molecular complexity index is 161. The van der Waals surface area contributed by atoms with E-state index in [1.54, 1.807) is 0 Å². The molecule has 0 saturated carbocycles. The summed E-state index contributed by atoms with van der Waals surface area (Å²) in [5, 5.41) is 0. The lowest BCUT2D eigenvalue weighted by Crippen LogP contribution is -2.41. The van der Waals surface area contributed by atoms with Crippen LogP contribution in [0, 0.1) is 0 Å². The van der Waals surface area contributed by atoms with E-state index in [0.29, 0.717) is 18.1 Å². The maximum atomic E-state index is 4.56. The minimum atomic E-state index is 0.389. The van der Waals surface area contributed by atoms with E-state index >= 15 is 0 Å². The fourth-order valence-electron chi connectivity index (χ4n) is 1.78. The van der Waals surface area contributed by atoms with Crippen LogP contribution in [0.15, 0.2) is 4.99 Å². The van der Waals surface area contributed by atoms with Crippen molar-refractivity contribution in [1.29, 1.82) is 0 Å². The van der Waals surface area contributed by atoms with Gasteiger partial charge in [-0.1, -0.05) is 0 Å². The van der Waals surface area contributed by atoms with Gasteiger partial charge in [-0.05, 0) is 48.5 Å². The highest BCUT2D eigenvalue weighted by molar-refractivity contribution is 5.80. The van der Waals surface area contributed by atoms with Crippen LogP contribution < -0.4 is 0 Å². The van der Waals surface area contributed by atoms with Gasteiger partial charge in [0.15, 0.2) is 0 Å². The Kier molecular flexibility index (Phi) is 5.04. The van der Waals surface area contributed by atoms with E-state index in [-0.39, 0.29) is 0 Å². The first-order chi connectivity index (χ1) is 5.86. The first kappa shape index (κ1) is 12.5. The summed E-state index contributed by atoms with van der Waals surface area (Å²) < 4.78 is 0. The Morgan fingerprint density at radius 2 is 1.31 bits per heavy atom.